The highest BCUT2D eigenvalue weighted by atomic mass is 32.2. The standard InChI is InChI=1S/C24H36N2O3S/c1-16(2)17(3)25-23(27)15-26(30(4,28)29)22-7-5-21(6-8-22)24-12-18-9-19(13-24)11-20(10-18)14-24/h5-8,16-20H,9-15H2,1-4H3,(H,25,27)/t17-,18?,19?,20?,24?/m0/s1. The zero-order chi connectivity index (χ0) is 21.7. The second-order valence-corrected chi connectivity index (χ2v) is 12.5. The molecule has 4 fully saturated rings. The Morgan fingerprint density at radius 3 is 1.97 bits per heavy atom. The topological polar surface area (TPSA) is 66.5 Å². The fourth-order valence-electron chi connectivity index (χ4n) is 6.44. The zero-order valence-electron chi connectivity index (χ0n) is 18.7. The highest BCUT2D eigenvalue weighted by molar-refractivity contribution is 7.92. The molecule has 5 rings (SSSR count). The third-order valence-electron chi connectivity index (χ3n) is 7.88. The molecule has 1 amide bonds. The second kappa shape index (κ2) is 7.85. The van der Waals surface area contributed by atoms with Crippen LogP contribution in [0.5, 0.6) is 0 Å². The van der Waals surface area contributed by atoms with Gasteiger partial charge in [-0.25, -0.2) is 8.42 Å². The highest BCUT2D eigenvalue weighted by Crippen LogP contribution is 2.60. The summed E-state index contributed by atoms with van der Waals surface area (Å²) in [5, 5.41) is 2.91. The van der Waals surface area contributed by atoms with Crippen LogP contribution in [0, 0.1) is 23.7 Å². The summed E-state index contributed by atoms with van der Waals surface area (Å²) in [6.07, 6.45) is 9.23. The number of anilines is 1. The molecule has 4 saturated carbocycles. The summed E-state index contributed by atoms with van der Waals surface area (Å²) in [5.74, 6) is 2.63. The van der Waals surface area contributed by atoms with Crippen molar-refractivity contribution in [1.82, 2.24) is 5.32 Å². The van der Waals surface area contributed by atoms with Crippen LogP contribution in [0.25, 0.3) is 0 Å². The molecule has 1 atom stereocenters. The molecular formula is C24H36N2O3S. The van der Waals surface area contributed by atoms with Crippen molar-refractivity contribution in [3.05, 3.63) is 29.8 Å². The Labute approximate surface area is 181 Å². The maximum Gasteiger partial charge on any atom is 0.240 e. The molecule has 30 heavy (non-hydrogen) atoms. The molecule has 0 saturated heterocycles. The quantitative estimate of drug-likeness (QED) is 0.706. The molecule has 0 unspecified atom stereocenters. The molecule has 1 aromatic rings. The molecular weight excluding hydrogens is 396 g/mol. The SMILES string of the molecule is CC(C)[C@H](C)NC(=O)CN(c1ccc(C23CC4CC(CC(C4)C2)C3)cc1)S(C)(=O)=O. The molecule has 4 aliphatic rings. The van der Waals surface area contributed by atoms with Crippen LogP contribution in [-0.4, -0.2) is 33.2 Å². The first kappa shape index (κ1) is 21.7. The number of rotatable bonds is 7. The first-order valence-electron chi connectivity index (χ1n) is 11.4. The number of benzene rings is 1. The van der Waals surface area contributed by atoms with E-state index in [9.17, 15) is 13.2 Å². The number of sulfonamides is 1. The third-order valence-corrected chi connectivity index (χ3v) is 9.02. The van der Waals surface area contributed by atoms with E-state index in [1.54, 1.807) is 0 Å². The Balaban J connectivity index is 1.53. The van der Waals surface area contributed by atoms with Gasteiger partial charge < -0.3 is 5.32 Å². The fourth-order valence-corrected chi connectivity index (χ4v) is 7.30. The van der Waals surface area contributed by atoms with Crippen molar-refractivity contribution in [2.24, 2.45) is 23.7 Å². The van der Waals surface area contributed by atoms with E-state index in [1.165, 1.54) is 54.6 Å². The number of carbonyl (C=O) groups is 1. The molecule has 4 aliphatic carbocycles. The van der Waals surface area contributed by atoms with E-state index in [0.29, 0.717) is 11.6 Å². The van der Waals surface area contributed by atoms with E-state index in [2.05, 4.69) is 17.4 Å². The van der Waals surface area contributed by atoms with Gasteiger partial charge in [0.15, 0.2) is 0 Å². The van der Waals surface area contributed by atoms with Crippen molar-refractivity contribution in [3.8, 4) is 0 Å². The summed E-state index contributed by atoms with van der Waals surface area (Å²) >= 11 is 0. The highest BCUT2D eigenvalue weighted by Gasteiger charge is 2.51. The molecule has 0 aromatic heterocycles. The van der Waals surface area contributed by atoms with E-state index in [1.807, 2.05) is 32.9 Å². The lowest BCUT2D eigenvalue weighted by atomic mass is 9.48. The second-order valence-electron chi connectivity index (χ2n) is 10.6. The number of carbonyl (C=O) groups excluding carboxylic acids is 1. The summed E-state index contributed by atoms with van der Waals surface area (Å²) < 4.78 is 26.1. The lowest BCUT2D eigenvalue weighted by molar-refractivity contribution is -0.120. The van der Waals surface area contributed by atoms with Gasteiger partial charge in [0.2, 0.25) is 15.9 Å². The van der Waals surface area contributed by atoms with Gasteiger partial charge in [-0.3, -0.25) is 9.10 Å². The van der Waals surface area contributed by atoms with E-state index < -0.39 is 10.0 Å². The van der Waals surface area contributed by atoms with Crippen LogP contribution in [0.4, 0.5) is 5.69 Å². The van der Waals surface area contributed by atoms with Crippen LogP contribution in [0.1, 0.15) is 64.9 Å². The van der Waals surface area contributed by atoms with Crippen molar-refractivity contribution in [3.63, 3.8) is 0 Å². The van der Waals surface area contributed by atoms with Crippen molar-refractivity contribution in [1.29, 1.82) is 0 Å². The van der Waals surface area contributed by atoms with Gasteiger partial charge in [-0.05, 0) is 92.2 Å². The maximum atomic E-state index is 12.5. The minimum Gasteiger partial charge on any atom is -0.352 e. The first-order valence-corrected chi connectivity index (χ1v) is 13.3. The smallest absolute Gasteiger partial charge is 0.240 e. The van der Waals surface area contributed by atoms with Crippen molar-refractivity contribution < 1.29 is 13.2 Å². The normalized spacial score (nSPS) is 31.0. The van der Waals surface area contributed by atoms with Gasteiger partial charge in [0.25, 0.3) is 0 Å². The Morgan fingerprint density at radius 1 is 1.03 bits per heavy atom. The van der Waals surface area contributed by atoms with Gasteiger partial charge in [-0.15, -0.1) is 0 Å². The molecule has 0 heterocycles. The number of amides is 1. The minimum atomic E-state index is -3.55. The fraction of sp³-hybridized carbons (Fsp3) is 0.708. The third kappa shape index (κ3) is 4.25. The average molecular weight is 433 g/mol. The van der Waals surface area contributed by atoms with Crippen LogP contribution in [0.2, 0.25) is 0 Å². The summed E-state index contributed by atoms with van der Waals surface area (Å²) in [6, 6.07) is 8.03. The largest absolute Gasteiger partial charge is 0.352 e. The summed E-state index contributed by atoms with van der Waals surface area (Å²) in [7, 11) is -3.55. The average Bonchev–Trinajstić information content (AvgIpc) is 2.64. The number of hydrogen-bond acceptors (Lipinski definition) is 3. The van der Waals surface area contributed by atoms with Gasteiger partial charge in [-0.1, -0.05) is 26.0 Å². The molecule has 5 nitrogen and oxygen atoms in total. The Bertz CT molecular complexity index is 856. The maximum absolute atomic E-state index is 12.5. The lowest BCUT2D eigenvalue weighted by Gasteiger charge is -2.57. The van der Waals surface area contributed by atoms with Crippen LogP contribution in [-0.2, 0) is 20.2 Å². The predicted octanol–water partition coefficient (Wildman–Crippen LogP) is 4.08. The molecule has 166 valence electrons. The van der Waals surface area contributed by atoms with Crippen LogP contribution in [0.15, 0.2) is 24.3 Å². The van der Waals surface area contributed by atoms with E-state index in [0.717, 1.165) is 17.8 Å². The first-order chi connectivity index (χ1) is 14.1. The summed E-state index contributed by atoms with van der Waals surface area (Å²) in [5.41, 5.74) is 2.21. The predicted molar refractivity (Wildman–Crippen MR) is 121 cm³/mol. The summed E-state index contributed by atoms with van der Waals surface area (Å²) in [6.45, 7) is 5.81. The number of nitrogens with one attached hydrogen (secondary N) is 1. The van der Waals surface area contributed by atoms with Crippen LogP contribution in [0.3, 0.4) is 0 Å². The molecule has 0 spiro atoms. The molecule has 6 heteroatoms. The van der Waals surface area contributed by atoms with E-state index in [-0.39, 0.29) is 23.9 Å². The Morgan fingerprint density at radius 2 is 1.53 bits per heavy atom. The molecule has 4 bridgehead atoms. The van der Waals surface area contributed by atoms with Crippen molar-refractivity contribution in [2.45, 2.75) is 70.8 Å². The Kier molecular flexibility index (Phi) is 5.67. The van der Waals surface area contributed by atoms with Gasteiger partial charge in [-0.2, -0.15) is 0 Å². The molecule has 0 radical (unpaired) electrons. The Hall–Kier alpha value is -1.56. The van der Waals surface area contributed by atoms with E-state index in [4.69, 9.17) is 0 Å². The molecule has 1 N–H and O–H groups in total. The minimum absolute atomic E-state index is 0.00244. The molecule has 1 aromatic carbocycles. The number of hydrogen-bond donors (Lipinski definition) is 1. The lowest BCUT2D eigenvalue weighted by Crippen LogP contribution is -2.48. The zero-order valence-corrected chi connectivity index (χ0v) is 19.5. The van der Waals surface area contributed by atoms with Crippen LogP contribution < -0.4 is 9.62 Å². The van der Waals surface area contributed by atoms with Gasteiger partial charge in [0.1, 0.15) is 6.54 Å². The molecule has 0 aliphatic heterocycles. The van der Waals surface area contributed by atoms with Crippen molar-refractivity contribution in [2.75, 3.05) is 17.1 Å². The number of nitrogens with zero attached hydrogens (tertiary/aromatic N) is 1. The van der Waals surface area contributed by atoms with E-state index >= 15 is 0 Å². The van der Waals surface area contributed by atoms with Gasteiger partial charge in [0, 0.05) is 6.04 Å². The van der Waals surface area contributed by atoms with Crippen molar-refractivity contribution >= 4 is 21.6 Å². The van der Waals surface area contributed by atoms with Gasteiger partial charge >= 0.3 is 0 Å². The monoisotopic (exact) mass is 432 g/mol. The van der Waals surface area contributed by atoms with Gasteiger partial charge in [0.05, 0.1) is 11.9 Å². The van der Waals surface area contributed by atoms with Crippen LogP contribution >= 0.6 is 0 Å². The summed E-state index contributed by atoms with van der Waals surface area (Å²) in [4.78, 5) is 12.5.